The molecule has 5 nitrogen and oxygen atoms in total. The maximum absolute atomic E-state index is 12.2. The van der Waals surface area contributed by atoms with Gasteiger partial charge >= 0.3 is 0 Å². The number of carbonyl (C=O) groups is 2. The third-order valence-electron chi connectivity index (χ3n) is 3.49. The van der Waals surface area contributed by atoms with Gasteiger partial charge in [-0.1, -0.05) is 30.7 Å². The van der Waals surface area contributed by atoms with E-state index in [1.807, 2.05) is 36.1 Å². The molecule has 1 aromatic carbocycles. The molecule has 21 heavy (non-hydrogen) atoms. The van der Waals surface area contributed by atoms with E-state index in [0.717, 1.165) is 12.1 Å². The van der Waals surface area contributed by atoms with Crippen molar-refractivity contribution in [2.45, 2.75) is 13.5 Å². The number of nitrogens with zero attached hydrogens (tertiary/aromatic N) is 2. The lowest BCUT2D eigenvalue weighted by Crippen LogP contribution is -2.52. The Kier molecular flexibility index (Phi) is 5.59. The Hall–Kier alpha value is -1.59. The van der Waals surface area contributed by atoms with Crippen molar-refractivity contribution in [2.75, 3.05) is 32.7 Å². The zero-order chi connectivity index (χ0) is 15.2. The van der Waals surface area contributed by atoms with Crippen LogP contribution >= 0.6 is 11.6 Å². The molecule has 0 radical (unpaired) electrons. The fourth-order valence-electron chi connectivity index (χ4n) is 2.32. The Morgan fingerprint density at radius 2 is 2.29 bits per heavy atom. The standard InChI is InChI=1S/C15H20ClN3O2/c1-2-18(9-12-4-3-5-13(16)8-12)11-15(21)19-7-6-17-14(20)10-19/h3-5,8H,2,6-7,9-11H2,1H3,(H,17,20). The van der Waals surface area contributed by atoms with Crippen LogP contribution in [0.2, 0.25) is 5.02 Å². The first-order valence-electron chi connectivity index (χ1n) is 7.09. The third-order valence-corrected chi connectivity index (χ3v) is 3.73. The molecule has 0 spiro atoms. The lowest BCUT2D eigenvalue weighted by atomic mass is 10.2. The van der Waals surface area contributed by atoms with E-state index in [0.29, 0.717) is 31.2 Å². The highest BCUT2D eigenvalue weighted by atomic mass is 35.5. The predicted octanol–water partition coefficient (Wildman–Crippen LogP) is 1.12. The second-order valence-electron chi connectivity index (χ2n) is 5.10. The molecule has 114 valence electrons. The number of benzene rings is 1. The number of carbonyl (C=O) groups excluding carboxylic acids is 2. The molecule has 0 bridgehead atoms. The van der Waals surface area contributed by atoms with E-state index in [1.54, 1.807) is 4.90 Å². The Morgan fingerprint density at radius 3 is 2.95 bits per heavy atom. The minimum absolute atomic E-state index is 0.00581. The van der Waals surface area contributed by atoms with E-state index in [4.69, 9.17) is 11.6 Å². The molecule has 1 aliphatic heterocycles. The number of rotatable bonds is 5. The van der Waals surface area contributed by atoms with Gasteiger partial charge in [0.2, 0.25) is 11.8 Å². The van der Waals surface area contributed by atoms with Gasteiger partial charge in [-0.15, -0.1) is 0 Å². The number of piperazine rings is 1. The number of hydrogen-bond acceptors (Lipinski definition) is 3. The second kappa shape index (κ2) is 7.43. The van der Waals surface area contributed by atoms with Gasteiger partial charge in [-0.25, -0.2) is 0 Å². The summed E-state index contributed by atoms with van der Waals surface area (Å²) in [5, 5.41) is 3.42. The SMILES string of the molecule is CCN(CC(=O)N1CCNC(=O)C1)Cc1cccc(Cl)c1. The molecular weight excluding hydrogens is 290 g/mol. The van der Waals surface area contributed by atoms with Crippen LogP contribution in [-0.4, -0.2) is 54.3 Å². The van der Waals surface area contributed by atoms with Crippen LogP contribution in [0.3, 0.4) is 0 Å². The number of likely N-dealkylation sites (N-methyl/N-ethyl adjacent to an activating group) is 1. The Bertz CT molecular complexity index is 521. The van der Waals surface area contributed by atoms with Crippen LogP contribution in [0.1, 0.15) is 12.5 Å². The van der Waals surface area contributed by atoms with Gasteiger partial charge in [0.05, 0.1) is 13.1 Å². The maximum Gasteiger partial charge on any atom is 0.239 e. The van der Waals surface area contributed by atoms with E-state index < -0.39 is 0 Å². The molecule has 0 unspecified atom stereocenters. The number of hydrogen-bond donors (Lipinski definition) is 1. The van der Waals surface area contributed by atoms with Crippen LogP contribution in [0.5, 0.6) is 0 Å². The molecule has 2 rings (SSSR count). The molecule has 0 aromatic heterocycles. The smallest absolute Gasteiger partial charge is 0.239 e. The first-order chi connectivity index (χ1) is 10.1. The van der Waals surface area contributed by atoms with Crippen molar-refractivity contribution in [3.63, 3.8) is 0 Å². The molecule has 0 saturated carbocycles. The van der Waals surface area contributed by atoms with E-state index in [9.17, 15) is 9.59 Å². The molecule has 1 heterocycles. The summed E-state index contributed by atoms with van der Waals surface area (Å²) in [4.78, 5) is 27.2. The zero-order valence-electron chi connectivity index (χ0n) is 12.1. The van der Waals surface area contributed by atoms with Crippen LogP contribution in [0, 0.1) is 0 Å². The van der Waals surface area contributed by atoms with Gasteiger partial charge < -0.3 is 10.2 Å². The fourth-order valence-corrected chi connectivity index (χ4v) is 2.53. The van der Waals surface area contributed by atoms with Gasteiger partial charge in [0, 0.05) is 24.7 Å². The van der Waals surface area contributed by atoms with E-state index in [1.165, 1.54) is 0 Å². The van der Waals surface area contributed by atoms with E-state index >= 15 is 0 Å². The highest BCUT2D eigenvalue weighted by Gasteiger charge is 2.22. The summed E-state index contributed by atoms with van der Waals surface area (Å²) < 4.78 is 0. The summed E-state index contributed by atoms with van der Waals surface area (Å²) in [5.74, 6) is -0.0961. The van der Waals surface area contributed by atoms with Crippen molar-refractivity contribution in [2.24, 2.45) is 0 Å². The topological polar surface area (TPSA) is 52.7 Å². The highest BCUT2D eigenvalue weighted by Crippen LogP contribution is 2.12. The van der Waals surface area contributed by atoms with Crippen LogP contribution in [-0.2, 0) is 16.1 Å². The molecule has 1 saturated heterocycles. The zero-order valence-corrected chi connectivity index (χ0v) is 12.9. The van der Waals surface area contributed by atoms with E-state index in [2.05, 4.69) is 5.32 Å². The van der Waals surface area contributed by atoms with Crippen LogP contribution < -0.4 is 5.32 Å². The molecule has 1 fully saturated rings. The number of amides is 2. The molecule has 0 aliphatic carbocycles. The van der Waals surface area contributed by atoms with Gasteiger partial charge in [0.25, 0.3) is 0 Å². The summed E-state index contributed by atoms with van der Waals surface area (Å²) >= 11 is 5.98. The quantitative estimate of drug-likeness (QED) is 0.887. The van der Waals surface area contributed by atoms with E-state index in [-0.39, 0.29) is 18.4 Å². The minimum atomic E-state index is -0.0903. The summed E-state index contributed by atoms with van der Waals surface area (Å²) in [6.45, 7) is 5.04. The first-order valence-corrected chi connectivity index (χ1v) is 7.47. The van der Waals surface area contributed by atoms with Gasteiger partial charge in [-0.05, 0) is 24.2 Å². The molecular formula is C15H20ClN3O2. The Morgan fingerprint density at radius 1 is 1.48 bits per heavy atom. The number of halogens is 1. The van der Waals surface area contributed by atoms with Gasteiger partial charge in [0.1, 0.15) is 0 Å². The van der Waals surface area contributed by atoms with Crippen molar-refractivity contribution in [3.05, 3.63) is 34.9 Å². The number of nitrogens with one attached hydrogen (secondary N) is 1. The monoisotopic (exact) mass is 309 g/mol. The highest BCUT2D eigenvalue weighted by molar-refractivity contribution is 6.30. The molecule has 1 N–H and O–H groups in total. The summed E-state index contributed by atoms with van der Waals surface area (Å²) in [7, 11) is 0. The second-order valence-corrected chi connectivity index (χ2v) is 5.53. The summed E-state index contributed by atoms with van der Waals surface area (Å²) in [6.07, 6.45) is 0. The third kappa shape index (κ3) is 4.72. The van der Waals surface area contributed by atoms with Gasteiger partial charge in [-0.3, -0.25) is 14.5 Å². The first kappa shape index (κ1) is 15.8. The van der Waals surface area contributed by atoms with Crippen molar-refractivity contribution < 1.29 is 9.59 Å². The van der Waals surface area contributed by atoms with Crippen molar-refractivity contribution in [3.8, 4) is 0 Å². The Balaban J connectivity index is 1.92. The summed E-state index contributed by atoms with van der Waals surface area (Å²) in [6, 6.07) is 7.64. The van der Waals surface area contributed by atoms with Crippen molar-refractivity contribution >= 4 is 23.4 Å². The molecule has 0 atom stereocenters. The van der Waals surface area contributed by atoms with Crippen molar-refractivity contribution in [1.29, 1.82) is 0 Å². The summed E-state index contributed by atoms with van der Waals surface area (Å²) in [5.41, 5.74) is 1.08. The maximum atomic E-state index is 12.2. The average molecular weight is 310 g/mol. The minimum Gasteiger partial charge on any atom is -0.353 e. The fraction of sp³-hybridized carbons (Fsp3) is 0.467. The predicted molar refractivity (Wildman–Crippen MR) is 82.0 cm³/mol. The molecule has 6 heteroatoms. The normalized spacial score (nSPS) is 15.2. The molecule has 1 aliphatic rings. The van der Waals surface area contributed by atoms with Crippen LogP contribution in [0.4, 0.5) is 0 Å². The van der Waals surface area contributed by atoms with Crippen molar-refractivity contribution in [1.82, 2.24) is 15.1 Å². The lowest BCUT2D eigenvalue weighted by molar-refractivity contribution is -0.139. The molecule has 2 amide bonds. The molecule has 1 aromatic rings. The van der Waals surface area contributed by atoms with Gasteiger partial charge in [-0.2, -0.15) is 0 Å². The van der Waals surface area contributed by atoms with Gasteiger partial charge in [0.15, 0.2) is 0 Å². The van der Waals surface area contributed by atoms with Crippen LogP contribution in [0.15, 0.2) is 24.3 Å². The average Bonchev–Trinajstić information content (AvgIpc) is 2.46. The largest absolute Gasteiger partial charge is 0.353 e. The Labute approximate surface area is 129 Å². The lowest BCUT2D eigenvalue weighted by Gasteiger charge is -2.29. The van der Waals surface area contributed by atoms with Crippen LogP contribution in [0.25, 0.3) is 0 Å².